The summed E-state index contributed by atoms with van der Waals surface area (Å²) in [6.07, 6.45) is -0.323. The molecule has 0 radical (unpaired) electrons. The number of nitrogens with zero attached hydrogens (tertiary/aromatic N) is 2. The number of hydrogen-bond donors (Lipinski definition) is 2. The first kappa shape index (κ1) is 22.2. The van der Waals surface area contributed by atoms with Gasteiger partial charge in [0.1, 0.15) is 18.3 Å². The zero-order valence-electron chi connectivity index (χ0n) is 17.7. The summed E-state index contributed by atoms with van der Waals surface area (Å²) in [6, 6.07) is 25.4. The van der Waals surface area contributed by atoms with Crippen LogP contribution in [0.4, 0.5) is 10.5 Å². The Hall–Kier alpha value is -4.04. The van der Waals surface area contributed by atoms with Crippen molar-refractivity contribution >= 4 is 29.2 Å². The second-order valence-corrected chi connectivity index (χ2v) is 7.91. The number of benzene rings is 3. The molecule has 2 amide bonds. The van der Waals surface area contributed by atoms with E-state index in [-0.39, 0.29) is 12.5 Å². The Morgan fingerprint density at radius 3 is 2.18 bits per heavy atom. The van der Waals surface area contributed by atoms with Gasteiger partial charge in [-0.15, -0.1) is 5.10 Å². The van der Waals surface area contributed by atoms with Crippen LogP contribution >= 0.6 is 11.5 Å². The second kappa shape index (κ2) is 11.0. The van der Waals surface area contributed by atoms with Gasteiger partial charge in [-0.05, 0) is 34.8 Å². The fourth-order valence-corrected chi connectivity index (χ4v) is 3.68. The average Bonchev–Trinajstić information content (AvgIpc) is 3.39. The summed E-state index contributed by atoms with van der Waals surface area (Å²) in [4.78, 5) is 25.5. The van der Waals surface area contributed by atoms with Gasteiger partial charge in [-0.2, -0.15) is 0 Å². The summed E-state index contributed by atoms with van der Waals surface area (Å²) in [6.45, 7) is 0.124. The van der Waals surface area contributed by atoms with Crippen LogP contribution in [-0.2, 0) is 22.6 Å². The molecule has 4 rings (SSSR count). The van der Waals surface area contributed by atoms with Crippen molar-refractivity contribution in [3.8, 4) is 11.3 Å². The first-order valence-corrected chi connectivity index (χ1v) is 11.2. The van der Waals surface area contributed by atoms with Crippen molar-refractivity contribution in [3.63, 3.8) is 0 Å². The minimum Gasteiger partial charge on any atom is -0.445 e. The lowest BCUT2D eigenvalue weighted by molar-refractivity contribution is -0.118. The van der Waals surface area contributed by atoms with Crippen LogP contribution in [0.25, 0.3) is 11.3 Å². The SMILES string of the molecule is O=C(N[C@H](Cc1ccccc1)C(=O)Nc1ccc(-c2csnn2)cc1)OCc1ccccc1. The average molecular weight is 459 g/mol. The van der Waals surface area contributed by atoms with Crippen molar-refractivity contribution < 1.29 is 14.3 Å². The Morgan fingerprint density at radius 2 is 1.55 bits per heavy atom. The van der Waals surface area contributed by atoms with Crippen molar-refractivity contribution in [1.82, 2.24) is 14.9 Å². The Bertz CT molecular complexity index is 1170. The Labute approximate surface area is 195 Å². The lowest BCUT2D eigenvalue weighted by atomic mass is 10.1. The number of rotatable bonds is 8. The lowest BCUT2D eigenvalue weighted by Gasteiger charge is -2.19. The minimum absolute atomic E-state index is 0.124. The molecular weight excluding hydrogens is 436 g/mol. The third kappa shape index (κ3) is 6.47. The first-order chi connectivity index (χ1) is 16.2. The van der Waals surface area contributed by atoms with E-state index in [1.54, 1.807) is 12.1 Å². The molecule has 1 aromatic heterocycles. The maximum absolute atomic E-state index is 13.0. The van der Waals surface area contributed by atoms with E-state index >= 15 is 0 Å². The van der Waals surface area contributed by atoms with Crippen LogP contribution in [-0.4, -0.2) is 27.6 Å². The van der Waals surface area contributed by atoms with Crippen LogP contribution in [0.1, 0.15) is 11.1 Å². The van der Waals surface area contributed by atoms with E-state index in [1.807, 2.05) is 78.2 Å². The molecule has 166 valence electrons. The van der Waals surface area contributed by atoms with Crippen molar-refractivity contribution in [2.45, 2.75) is 19.1 Å². The summed E-state index contributed by atoms with van der Waals surface area (Å²) in [5.74, 6) is -0.335. The number of hydrogen-bond acceptors (Lipinski definition) is 6. The van der Waals surface area contributed by atoms with Gasteiger partial charge in [0, 0.05) is 23.1 Å². The van der Waals surface area contributed by atoms with E-state index in [0.717, 1.165) is 22.4 Å². The smallest absolute Gasteiger partial charge is 0.408 e. The van der Waals surface area contributed by atoms with E-state index < -0.39 is 12.1 Å². The fourth-order valence-electron chi connectivity index (χ4n) is 3.21. The number of alkyl carbamates (subject to hydrolysis) is 1. The fraction of sp³-hybridized carbons (Fsp3) is 0.120. The van der Waals surface area contributed by atoms with Crippen LogP contribution in [0.5, 0.6) is 0 Å². The van der Waals surface area contributed by atoms with Crippen LogP contribution in [0.15, 0.2) is 90.3 Å². The van der Waals surface area contributed by atoms with E-state index in [1.165, 1.54) is 11.5 Å². The Kier molecular flexibility index (Phi) is 7.40. The van der Waals surface area contributed by atoms with Crippen molar-refractivity contribution in [2.75, 3.05) is 5.32 Å². The van der Waals surface area contributed by atoms with Crippen LogP contribution in [0, 0.1) is 0 Å². The van der Waals surface area contributed by atoms with Gasteiger partial charge in [0.15, 0.2) is 0 Å². The van der Waals surface area contributed by atoms with Gasteiger partial charge in [0.05, 0.1) is 0 Å². The predicted molar refractivity (Wildman–Crippen MR) is 128 cm³/mol. The molecule has 1 atom stereocenters. The van der Waals surface area contributed by atoms with Crippen molar-refractivity contribution in [2.24, 2.45) is 0 Å². The second-order valence-electron chi connectivity index (χ2n) is 7.31. The molecule has 1 heterocycles. The summed E-state index contributed by atoms with van der Waals surface area (Å²) in [5, 5.41) is 11.5. The van der Waals surface area contributed by atoms with Gasteiger partial charge >= 0.3 is 6.09 Å². The van der Waals surface area contributed by atoms with E-state index in [4.69, 9.17) is 4.74 Å². The van der Waals surface area contributed by atoms with Gasteiger partial charge in [-0.25, -0.2) is 4.79 Å². The summed E-state index contributed by atoms with van der Waals surface area (Å²) < 4.78 is 9.18. The van der Waals surface area contributed by atoms with Gasteiger partial charge in [-0.1, -0.05) is 77.3 Å². The first-order valence-electron chi connectivity index (χ1n) is 10.4. The molecule has 3 aromatic carbocycles. The maximum atomic E-state index is 13.0. The maximum Gasteiger partial charge on any atom is 0.408 e. The normalized spacial score (nSPS) is 11.4. The highest BCUT2D eigenvalue weighted by molar-refractivity contribution is 7.03. The predicted octanol–water partition coefficient (Wildman–Crippen LogP) is 4.68. The number of ether oxygens (including phenoxy) is 1. The van der Waals surface area contributed by atoms with Gasteiger partial charge in [0.25, 0.3) is 0 Å². The number of amides is 2. The highest BCUT2D eigenvalue weighted by Gasteiger charge is 2.22. The number of anilines is 1. The van der Waals surface area contributed by atoms with Gasteiger partial charge in [0.2, 0.25) is 5.91 Å². The third-order valence-corrected chi connectivity index (χ3v) is 5.42. The largest absolute Gasteiger partial charge is 0.445 e. The molecule has 0 spiro atoms. The third-order valence-electron chi connectivity index (χ3n) is 4.91. The molecule has 7 nitrogen and oxygen atoms in total. The molecule has 0 aliphatic heterocycles. The van der Waals surface area contributed by atoms with Crippen LogP contribution in [0.3, 0.4) is 0 Å². The molecule has 2 N–H and O–H groups in total. The molecule has 0 aliphatic carbocycles. The van der Waals surface area contributed by atoms with E-state index in [0.29, 0.717) is 12.1 Å². The molecule has 0 saturated heterocycles. The van der Waals surface area contributed by atoms with Crippen molar-refractivity contribution in [1.29, 1.82) is 0 Å². The number of nitrogens with one attached hydrogen (secondary N) is 2. The topological polar surface area (TPSA) is 93.2 Å². The molecule has 0 aliphatic rings. The zero-order chi connectivity index (χ0) is 22.9. The molecule has 0 unspecified atom stereocenters. The van der Waals surface area contributed by atoms with E-state index in [2.05, 4.69) is 20.2 Å². The van der Waals surface area contributed by atoms with Crippen LogP contribution in [0.2, 0.25) is 0 Å². The van der Waals surface area contributed by atoms with Gasteiger partial charge < -0.3 is 15.4 Å². The van der Waals surface area contributed by atoms with Crippen molar-refractivity contribution in [3.05, 3.63) is 101 Å². The number of aromatic nitrogens is 2. The van der Waals surface area contributed by atoms with Gasteiger partial charge in [-0.3, -0.25) is 4.79 Å². The number of carbonyl (C=O) groups excluding carboxylic acids is 2. The summed E-state index contributed by atoms with van der Waals surface area (Å²) in [5.41, 5.74) is 4.09. The Morgan fingerprint density at radius 1 is 0.879 bits per heavy atom. The summed E-state index contributed by atoms with van der Waals surface area (Å²) in [7, 11) is 0. The lowest BCUT2D eigenvalue weighted by Crippen LogP contribution is -2.45. The summed E-state index contributed by atoms with van der Waals surface area (Å²) >= 11 is 1.28. The molecule has 33 heavy (non-hydrogen) atoms. The quantitative estimate of drug-likeness (QED) is 0.400. The molecule has 0 saturated carbocycles. The monoisotopic (exact) mass is 458 g/mol. The molecule has 4 aromatic rings. The van der Waals surface area contributed by atoms with E-state index in [9.17, 15) is 9.59 Å². The molecule has 0 bridgehead atoms. The number of carbonyl (C=O) groups is 2. The van der Waals surface area contributed by atoms with Crippen LogP contribution < -0.4 is 10.6 Å². The Balaban J connectivity index is 1.41. The molecule has 8 heteroatoms. The zero-order valence-corrected chi connectivity index (χ0v) is 18.5. The standard InChI is InChI=1S/C25H22N4O3S/c30-24(26-21-13-11-20(12-14-21)23-17-33-29-28-23)22(15-18-7-3-1-4-8-18)27-25(31)32-16-19-9-5-2-6-10-19/h1-14,17,22H,15-16H2,(H,26,30)(H,27,31)/t22-/m1/s1. The minimum atomic E-state index is -0.807. The molecular formula is C25H22N4O3S. The highest BCUT2D eigenvalue weighted by Crippen LogP contribution is 2.20. The molecule has 0 fully saturated rings. The highest BCUT2D eigenvalue weighted by atomic mass is 32.1.